The summed E-state index contributed by atoms with van der Waals surface area (Å²) in [6.07, 6.45) is 6.23. The summed E-state index contributed by atoms with van der Waals surface area (Å²) in [5.41, 5.74) is 2.07. The molecular formula is C25H41N3O3. The number of likely N-dealkylation sites (tertiary alicyclic amines) is 2. The van der Waals surface area contributed by atoms with Crippen LogP contribution in [0.1, 0.15) is 56.6 Å². The van der Waals surface area contributed by atoms with Crippen LogP contribution in [-0.4, -0.2) is 78.6 Å². The van der Waals surface area contributed by atoms with Crippen molar-refractivity contribution in [2.24, 2.45) is 5.92 Å². The maximum Gasteiger partial charge on any atom is 0.222 e. The molecule has 2 aliphatic rings. The van der Waals surface area contributed by atoms with Gasteiger partial charge in [-0.25, -0.2) is 0 Å². The molecule has 0 radical (unpaired) electrons. The topological polar surface area (TPSA) is 56.2 Å². The molecule has 1 amide bonds. The van der Waals surface area contributed by atoms with Crippen LogP contribution in [0.4, 0.5) is 0 Å². The summed E-state index contributed by atoms with van der Waals surface area (Å²) < 4.78 is 5.60. The number of benzene rings is 1. The average Bonchev–Trinajstić information content (AvgIpc) is 2.79. The third kappa shape index (κ3) is 6.93. The molecule has 6 nitrogen and oxygen atoms in total. The van der Waals surface area contributed by atoms with Gasteiger partial charge in [0.25, 0.3) is 0 Å². The van der Waals surface area contributed by atoms with Gasteiger partial charge in [0.1, 0.15) is 5.75 Å². The van der Waals surface area contributed by atoms with Gasteiger partial charge in [-0.05, 0) is 89.3 Å². The second-order valence-corrected chi connectivity index (χ2v) is 9.35. The van der Waals surface area contributed by atoms with Crippen LogP contribution in [0, 0.1) is 5.92 Å². The summed E-state index contributed by atoms with van der Waals surface area (Å²) in [6, 6.07) is 6.55. The van der Waals surface area contributed by atoms with Crippen LogP contribution in [-0.2, 0) is 17.9 Å². The second-order valence-electron chi connectivity index (χ2n) is 9.35. The molecular weight excluding hydrogens is 390 g/mol. The first-order valence-corrected chi connectivity index (χ1v) is 12.0. The molecule has 1 unspecified atom stereocenters. The van der Waals surface area contributed by atoms with Crippen LogP contribution in [0.15, 0.2) is 18.2 Å². The summed E-state index contributed by atoms with van der Waals surface area (Å²) >= 11 is 0. The Morgan fingerprint density at radius 3 is 2.71 bits per heavy atom. The highest BCUT2D eigenvalue weighted by atomic mass is 16.5. The van der Waals surface area contributed by atoms with Crippen molar-refractivity contribution in [3.05, 3.63) is 29.3 Å². The van der Waals surface area contributed by atoms with Crippen LogP contribution >= 0.6 is 0 Å². The number of amides is 1. The lowest BCUT2D eigenvalue weighted by atomic mass is 9.92. The largest absolute Gasteiger partial charge is 0.494 e. The monoisotopic (exact) mass is 431 g/mol. The molecule has 1 atom stereocenters. The minimum Gasteiger partial charge on any atom is -0.494 e. The number of nitrogens with zero attached hydrogens (tertiary/aromatic N) is 3. The van der Waals surface area contributed by atoms with E-state index in [2.05, 4.69) is 29.0 Å². The summed E-state index contributed by atoms with van der Waals surface area (Å²) in [4.78, 5) is 19.6. The Balaban J connectivity index is 1.46. The molecule has 3 rings (SSSR count). The van der Waals surface area contributed by atoms with Gasteiger partial charge in [-0.3, -0.25) is 9.69 Å². The first-order chi connectivity index (χ1) is 15.0. The van der Waals surface area contributed by atoms with E-state index < -0.39 is 0 Å². The van der Waals surface area contributed by atoms with Gasteiger partial charge < -0.3 is 19.6 Å². The average molecular weight is 432 g/mol. The van der Waals surface area contributed by atoms with Crippen LogP contribution in [0.2, 0.25) is 0 Å². The van der Waals surface area contributed by atoms with Crippen molar-refractivity contribution in [1.29, 1.82) is 0 Å². The Bertz CT molecular complexity index is 703. The zero-order valence-corrected chi connectivity index (χ0v) is 19.7. The molecule has 2 heterocycles. The van der Waals surface area contributed by atoms with Crippen molar-refractivity contribution < 1.29 is 14.6 Å². The number of aliphatic hydroxyl groups excluding tert-OH is 1. The van der Waals surface area contributed by atoms with Gasteiger partial charge in [-0.1, -0.05) is 6.07 Å². The van der Waals surface area contributed by atoms with Crippen molar-refractivity contribution in [3.63, 3.8) is 0 Å². The number of piperidine rings is 2. The third-order valence-electron chi connectivity index (χ3n) is 7.00. The lowest BCUT2D eigenvalue weighted by molar-refractivity contribution is -0.133. The zero-order valence-electron chi connectivity index (χ0n) is 19.7. The van der Waals surface area contributed by atoms with Crippen LogP contribution in [0.3, 0.4) is 0 Å². The van der Waals surface area contributed by atoms with E-state index in [-0.39, 0.29) is 6.61 Å². The van der Waals surface area contributed by atoms with Gasteiger partial charge in [0.15, 0.2) is 0 Å². The molecule has 2 fully saturated rings. The van der Waals surface area contributed by atoms with Crippen molar-refractivity contribution in [2.75, 3.05) is 46.9 Å². The number of rotatable bonds is 9. The molecule has 0 aromatic heterocycles. The van der Waals surface area contributed by atoms with Gasteiger partial charge in [0, 0.05) is 38.2 Å². The Morgan fingerprint density at radius 2 is 2.00 bits per heavy atom. The summed E-state index contributed by atoms with van der Waals surface area (Å²) in [6.45, 7) is 7.77. The minimum absolute atomic E-state index is 0.00128. The SMILES string of the molecule is CCOc1ccc(CN2CCCC(CCC(=O)N(C)C3CCN(C)CC3)C2)cc1CO. The molecule has 1 N–H and O–H groups in total. The number of carbonyl (C=O) groups excluding carboxylic acids is 1. The maximum atomic E-state index is 12.8. The van der Waals surface area contributed by atoms with E-state index >= 15 is 0 Å². The summed E-state index contributed by atoms with van der Waals surface area (Å²) in [5, 5.41) is 9.66. The molecule has 0 spiro atoms. The molecule has 6 heteroatoms. The van der Waals surface area contributed by atoms with Gasteiger partial charge >= 0.3 is 0 Å². The van der Waals surface area contributed by atoms with E-state index in [9.17, 15) is 9.90 Å². The maximum absolute atomic E-state index is 12.8. The fourth-order valence-corrected chi connectivity index (χ4v) is 5.03. The van der Waals surface area contributed by atoms with Crippen molar-refractivity contribution in [1.82, 2.24) is 14.7 Å². The predicted molar refractivity (Wildman–Crippen MR) is 124 cm³/mol. The van der Waals surface area contributed by atoms with Crippen LogP contribution in [0.5, 0.6) is 5.75 Å². The summed E-state index contributed by atoms with van der Waals surface area (Å²) in [5.74, 6) is 1.67. The van der Waals surface area contributed by atoms with E-state index in [1.54, 1.807) is 0 Å². The smallest absolute Gasteiger partial charge is 0.222 e. The normalized spacial score (nSPS) is 21.2. The second kappa shape index (κ2) is 11.8. The van der Waals surface area contributed by atoms with Crippen molar-refractivity contribution in [2.45, 2.75) is 64.6 Å². The van der Waals surface area contributed by atoms with Gasteiger partial charge in [0.2, 0.25) is 5.91 Å². The van der Waals surface area contributed by atoms with Crippen LogP contribution < -0.4 is 4.74 Å². The van der Waals surface area contributed by atoms with Crippen molar-refractivity contribution in [3.8, 4) is 5.75 Å². The predicted octanol–water partition coefficient (Wildman–Crippen LogP) is 3.12. The first-order valence-electron chi connectivity index (χ1n) is 12.0. The Hall–Kier alpha value is -1.63. The molecule has 0 aliphatic carbocycles. The molecule has 174 valence electrons. The highest BCUT2D eigenvalue weighted by Gasteiger charge is 2.26. The molecule has 0 saturated carbocycles. The van der Waals surface area contributed by atoms with Gasteiger partial charge in [0.05, 0.1) is 13.2 Å². The Labute approximate surface area is 188 Å². The fourth-order valence-electron chi connectivity index (χ4n) is 5.03. The number of aliphatic hydroxyl groups is 1. The summed E-state index contributed by atoms with van der Waals surface area (Å²) in [7, 11) is 4.15. The van der Waals surface area contributed by atoms with E-state index in [0.717, 1.165) is 63.3 Å². The zero-order chi connectivity index (χ0) is 22.2. The van der Waals surface area contributed by atoms with E-state index in [0.29, 0.717) is 30.9 Å². The van der Waals surface area contributed by atoms with Gasteiger partial charge in [-0.2, -0.15) is 0 Å². The Morgan fingerprint density at radius 1 is 1.23 bits per heavy atom. The van der Waals surface area contributed by atoms with E-state index in [1.807, 2.05) is 24.9 Å². The first kappa shape index (κ1) is 24.0. The number of hydrogen-bond donors (Lipinski definition) is 1. The lowest BCUT2D eigenvalue weighted by Gasteiger charge is -2.36. The Kier molecular flexibility index (Phi) is 9.17. The standard InChI is InChI=1S/C25H41N3O3/c1-4-31-24-9-7-21(16-22(24)19-29)18-28-13-5-6-20(17-28)8-10-25(30)27(3)23-11-14-26(2)15-12-23/h7,9,16,20,23,29H,4-6,8,10-15,17-19H2,1-3H3. The van der Waals surface area contributed by atoms with E-state index in [4.69, 9.17) is 4.74 Å². The number of carbonyl (C=O) groups is 1. The molecule has 31 heavy (non-hydrogen) atoms. The molecule has 2 aliphatic heterocycles. The van der Waals surface area contributed by atoms with Gasteiger partial charge in [-0.15, -0.1) is 0 Å². The molecule has 0 bridgehead atoms. The molecule has 2 saturated heterocycles. The lowest BCUT2D eigenvalue weighted by Crippen LogP contribution is -2.44. The molecule has 1 aromatic rings. The van der Waals surface area contributed by atoms with Crippen molar-refractivity contribution >= 4 is 5.91 Å². The highest BCUT2D eigenvalue weighted by molar-refractivity contribution is 5.76. The quantitative estimate of drug-likeness (QED) is 0.651. The third-order valence-corrected chi connectivity index (χ3v) is 7.00. The van der Waals surface area contributed by atoms with Crippen LogP contribution in [0.25, 0.3) is 0 Å². The number of ether oxygens (including phenoxy) is 1. The molecule has 1 aromatic carbocycles. The minimum atomic E-state index is -0.00128. The van der Waals surface area contributed by atoms with E-state index in [1.165, 1.54) is 18.4 Å². The number of hydrogen-bond acceptors (Lipinski definition) is 5. The fraction of sp³-hybridized carbons (Fsp3) is 0.720. The highest BCUT2D eigenvalue weighted by Crippen LogP contribution is 2.26.